The molecule has 0 saturated heterocycles. The Hall–Kier alpha value is -1.91. The SMILES string of the molecule is NCCc1nc2ccc(Oc3ccccc3)cc2s1. The highest BCUT2D eigenvalue weighted by Gasteiger charge is 2.05. The molecule has 2 aromatic carbocycles. The maximum Gasteiger partial charge on any atom is 0.128 e. The van der Waals surface area contributed by atoms with Gasteiger partial charge >= 0.3 is 0 Å². The van der Waals surface area contributed by atoms with E-state index in [4.69, 9.17) is 10.5 Å². The molecule has 2 N–H and O–H groups in total. The van der Waals surface area contributed by atoms with Gasteiger partial charge in [0, 0.05) is 12.5 Å². The number of hydrogen-bond acceptors (Lipinski definition) is 4. The van der Waals surface area contributed by atoms with E-state index in [1.54, 1.807) is 11.3 Å². The van der Waals surface area contributed by atoms with Crippen LogP contribution in [-0.4, -0.2) is 11.5 Å². The zero-order valence-electron chi connectivity index (χ0n) is 10.4. The van der Waals surface area contributed by atoms with Gasteiger partial charge in [0.2, 0.25) is 0 Å². The lowest BCUT2D eigenvalue weighted by atomic mass is 10.3. The molecule has 0 spiro atoms. The number of para-hydroxylation sites is 1. The van der Waals surface area contributed by atoms with Crippen molar-refractivity contribution in [2.24, 2.45) is 5.73 Å². The van der Waals surface area contributed by atoms with Crippen molar-refractivity contribution >= 4 is 21.6 Å². The predicted octanol–water partition coefficient (Wildman–Crippen LogP) is 3.59. The number of aromatic nitrogens is 1. The first-order chi connectivity index (χ1) is 9.35. The fourth-order valence-electron chi connectivity index (χ4n) is 1.87. The number of rotatable bonds is 4. The molecule has 0 atom stereocenters. The van der Waals surface area contributed by atoms with Crippen LogP contribution >= 0.6 is 11.3 Å². The first-order valence-electron chi connectivity index (χ1n) is 6.17. The van der Waals surface area contributed by atoms with Crippen molar-refractivity contribution in [1.29, 1.82) is 0 Å². The van der Waals surface area contributed by atoms with Crippen LogP contribution in [0.2, 0.25) is 0 Å². The van der Waals surface area contributed by atoms with Crippen molar-refractivity contribution < 1.29 is 4.74 Å². The average Bonchev–Trinajstić information content (AvgIpc) is 2.82. The molecule has 96 valence electrons. The highest BCUT2D eigenvalue weighted by Crippen LogP contribution is 2.29. The van der Waals surface area contributed by atoms with E-state index >= 15 is 0 Å². The summed E-state index contributed by atoms with van der Waals surface area (Å²) in [5.41, 5.74) is 6.56. The molecule has 0 aliphatic rings. The summed E-state index contributed by atoms with van der Waals surface area (Å²) in [6.45, 7) is 0.632. The minimum absolute atomic E-state index is 0.632. The number of nitrogens with zero attached hydrogens (tertiary/aromatic N) is 1. The number of benzene rings is 2. The summed E-state index contributed by atoms with van der Waals surface area (Å²) in [7, 11) is 0. The first-order valence-corrected chi connectivity index (χ1v) is 6.99. The van der Waals surface area contributed by atoms with E-state index in [-0.39, 0.29) is 0 Å². The molecule has 3 nitrogen and oxygen atoms in total. The van der Waals surface area contributed by atoms with Crippen LogP contribution in [0.3, 0.4) is 0 Å². The molecule has 0 aliphatic heterocycles. The minimum Gasteiger partial charge on any atom is -0.457 e. The molecule has 0 amide bonds. The Morgan fingerprint density at radius 1 is 1.05 bits per heavy atom. The van der Waals surface area contributed by atoms with E-state index in [2.05, 4.69) is 4.98 Å². The van der Waals surface area contributed by atoms with Crippen LogP contribution in [0.1, 0.15) is 5.01 Å². The fourth-order valence-corrected chi connectivity index (χ4v) is 2.88. The average molecular weight is 270 g/mol. The second-order valence-corrected chi connectivity index (χ2v) is 5.31. The Morgan fingerprint density at radius 2 is 1.89 bits per heavy atom. The molecule has 0 bridgehead atoms. The van der Waals surface area contributed by atoms with E-state index in [0.29, 0.717) is 6.54 Å². The molecule has 4 heteroatoms. The molecule has 3 aromatic rings. The third-order valence-electron chi connectivity index (χ3n) is 2.74. The highest BCUT2D eigenvalue weighted by molar-refractivity contribution is 7.18. The Balaban J connectivity index is 1.88. The van der Waals surface area contributed by atoms with Crippen LogP contribution in [0.5, 0.6) is 11.5 Å². The third-order valence-corrected chi connectivity index (χ3v) is 3.82. The van der Waals surface area contributed by atoms with Gasteiger partial charge < -0.3 is 10.5 Å². The Bertz CT molecular complexity index is 679. The quantitative estimate of drug-likeness (QED) is 0.788. The molecule has 19 heavy (non-hydrogen) atoms. The monoisotopic (exact) mass is 270 g/mol. The second kappa shape index (κ2) is 5.38. The number of fused-ring (bicyclic) bond motifs is 1. The summed E-state index contributed by atoms with van der Waals surface area (Å²) in [6, 6.07) is 15.7. The summed E-state index contributed by atoms with van der Waals surface area (Å²) >= 11 is 1.68. The van der Waals surface area contributed by atoms with E-state index in [1.165, 1.54) is 0 Å². The number of nitrogens with two attached hydrogens (primary N) is 1. The van der Waals surface area contributed by atoms with Gasteiger partial charge in [-0.3, -0.25) is 0 Å². The fraction of sp³-hybridized carbons (Fsp3) is 0.133. The number of hydrogen-bond donors (Lipinski definition) is 1. The van der Waals surface area contributed by atoms with Gasteiger partial charge in [-0.2, -0.15) is 0 Å². The standard InChI is InChI=1S/C15H14N2OS/c16-9-8-15-17-13-7-6-12(10-14(13)19-15)18-11-4-2-1-3-5-11/h1-7,10H,8-9,16H2. The Morgan fingerprint density at radius 3 is 2.68 bits per heavy atom. The van der Waals surface area contributed by atoms with Crippen molar-refractivity contribution in [3.8, 4) is 11.5 Å². The summed E-state index contributed by atoms with van der Waals surface area (Å²) < 4.78 is 6.95. The van der Waals surface area contributed by atoms with E-state index in [1.807, 2.05) is 48.5 Å². The predicted molar refractivity (Wildman–Crippen MR) is 78.9 cm³/mol. The lowest BCUT2D eigenvalue weighted by Gasteiger charge is -2.04. The van der Waals surface area contributed by atoms with Gasteiger partial charge in [0.25, 0.3) is 0 Å². The largest absolute Gasteiger partial charge is 0.457 e. The van der Waals surface area contributed by atoms with Crippen LogP contribution in [0.15, 0.2) is 48.5 Å². The summed E-state index contributed by atoms with van der Waals surface area (Å²) in [4.78, 5) is 4.53. The number of thiazole rings is 1. The molecular formula is C15H14N2OS. The van der Waals surface area contributed by atoms with Crippen molar-refractivity contribution in [3.63, 3.8) is 0 Å². The molecule has 0 aliphatic carbocycles. The molecule has 0 radical (unpaired) electrons. The van der Waals surface area contributed by atoms with Gasteiger partial charge in [-0.1, -0.05) is 18.2 Å². The maximum atomic E-state index is 5.81. The lowest BCUT2D eigenvalue weighted by molar-refractivity contribution is 0.483. The number of ether oxygens (including phenoxy) is 1. The third kappa shape index (κ3) is 2.75. The lowest BCUT2D eigenvalue weighted by Crippen LogP contribution is -2.01. The Kier molecular flexibility index (Phi) is 3.44. The van der Waals surface area contributed by atoms with Gasteiger partial charge in [0.1, 0.15) is 11.5 Å². The minimum atomic E-state index is 0.632. The molecular weight excluding hydrogens is 256 g/mol. The van der Waals surface area contributed by atoms with Gasteiger partial charge in [-0.05, 0) is 30.8 Å². The van der Waals surface area contributed by atoms with E-state index < -0.39 is 0 Å². The van der Waals surface area contributed by atoms with Gasteiger partial charge in [0.15, 0.2) is 0 Å². The second-order valence-electron chi connectivity index (χ2n) is 4.19. The normalized spacial score (nSPS) is 10.8. The van der Waals surface area contributed by atoms with Crippen LogP contribution in [-0.2, 0) is 6.42 Å². The topological polar surface area (TPSA) is 48.1 Å². The van der Waals surface area contributed by atoms with Crippen LogP contribution in [0.4, 0.5) is 0 Å². The zero-order chi connectivity index (χ0) is 13.1. The summed E-state index contributed by atoms with van der Waals surface area (Å²) in [6.07, 6.45) is 0.828. The van der Waals surface area contributed by atoms with E-state index in [9.17, 15) is 0 Å². The Labute approximate surface area is 115 Å². The van der Waals surface area contributed by atoms with Crippen molar-refractivity contribution in [1.82, 2.24) is 4.98 Å². The summed E-state index contributed by atoms with van der Waals surface area (Å²) in [5, 5.41) is 1.08. The zero-order valence-corrected chi connectivity index (χ0v) is 11.2. The van der Waals surface area contributed by atoms with Crippen LogP contribution in [0.25, 0.3) is 10.2 Å². The first kappa shape index (κ1) is 12.1. The van der Waals surface area contributed by atoms with Crippen molar-refractivity contribution in [2.75, 3.05) is 6.54 Å². The van der Waals surface area contributed by atoms with Crippen LogP contribution in [0, 0.1) is 0 Å². The smallest absolute Gasteiger partial charge is 0.128 e. The molecule has 1 heterocycles. The van der Waals surface area contributed by atoms with Gasteiger partial charge in [-0.15, -0.1) is 11.3 Å². The molecule has 1 aromatic heterocycles. The highest BCUT2D eigenvalue weighted by atomic mass is 32.1. The van der Waals surface area contributed by atoms with Crippen molar-refractivity contribution in [2.45, 2.75) is 6.42 Å². The summed E-state index contributed by atoms with van der Waals surface area (Å²) in [5.74, 6) is 1.68. The molecule has 0 fully saturated rings. The molecule has 0 saturated carbocycles. The molecule has 0 unspecified atom stereocenters. The van der Waals surface area contributed by atoms with Gasteiger partial charge in [-0.25, -0.2) is 4.98 Å². The van der Waals surface area contributed by atoms with Crippen LogP contribution < -0.4 is 10.5 Å². The van der Waals surface area contributed by atoms with Crippen molar-refractivity contribution in [3.05, 3.63) is 53.5 Å². The van der Waals surface area contributed by atoms with E-state index in [0.717, 1.165) is 33.1 Å². The molecule has 3 rings (SSSR count). The van der Waals surface area contributed by atoms with Gasteiger partial charge in [0.05, 0.1) is 15.2 Å². The maximum absolute atomic E-state index is 5.81.